The van der Waals surface area contributed by atoms with E-state index in [9.17, 15) is 4.79 Å². The molecule has 1 aliphatic rings. The summed E-state index contributed by atoms with van der Waals surface area (Å²) in [6.45, 7) is 1.32. The van der Waals surface area contributed by atoms with Crippen LogP contribution in [0, 0.1) is 0 Å². The second kappa shape index (κ2) is 9.11. The predicted octanol–water partition coefficient (Wildman–Crippen LogP) is 2.81. The van der Waals surface area contributed by atoms with Crippen LogP contribution in [0.2, 0.25) is 0 Å². The van der Waals surface area contributed by atoms with Crippen LogP contribution in [0.3, 0.4) is 0 Å². The molecule has 1 heterocycles. The quantitative estimate of drug-likeness (QED) is 0.387. The van der Waals surface area contributed by atoms with Crippen LogP contribution in [0.4, 0.5) is 0 Å². The maximum absolute atomic E-state index is 11.4. The number of hydrogen-bond donors (Lipinski definition) is 0. The first kappa shape index (κ1) is 15.2. The first-order valence-electron chi connectivity index (χ1n) is 6.27. The molecule has 3 nitrogen and oxygen atoms in total. The van der Waals surface area contributed by atoms with Gasteiger partial charge in [-0.3, -0.25) is 4.79 Å². The number of carbonyl (C=O) groups excluding carboxylic acids is 1. The fraction of sp³-hybridized carbons (Fsp3) is 0.917. The maximum atomic E-state index is 11.4. The third-order valence-corrected chi connectivity index (χ3v) is 5.69. The summed E-state index contributed by atoms with van der Waals surface area (Å²) in [7, 11) is 7.95. The molecule has 0 spiro atoms. The van der Waals surface area contributed by atoms with Gasteiger partial charge < -0.3 is 9.64 Å². The van der Waals surface area contributed by atoms with Crippen molar-refractivity contribution in [3.8, 4) is 0 Å². The summed E-state index contributed by atoms with van der Waals surface area (Å²) in [6.07, 6.45) is 5.30. The number of carbonyl (C=O) groups is 1. The fourth-order valence-electron chi connectivity index (χ4n) is 1.62. The lowest BCUT2D eigenvalue weighted by Crippen LogP contribution is -2.20. The van der Waals surface area contributed by atoms with Gasteiger partial charge in [0.05, 0.1) is 0 Å². The Balaban J connectivity index is 1.89. The number of likely N-dealkylation sites (N-methyl/N-ethyl adjacent to an activating group) is 1. The van der Waals surface area contributed by atoms with E-state index >= 15 is 0 Å². The smallest absolute Gasteiger partial charge is 0.305 e. The molecule has 0 aliphatic carbocycles. The molecular formula is C12H23NO2S2. The van der Waals surface area contributed by atoms with Crippen molar-refractivity contribution in [2.45, 2.75) is 37.4 Å². The lowest BCUT2D eigenvalue weighted by molar-refractivity contribution is -0.144. The molecule has 0 saturated carbocycles. The SMILES string of the molecule is CN(C)CCOC(=O)CCCCC1CCSS1. The van der Waals surface area contributed by atoms with Gasteiger partial charge in [-0.1, -0.05) is 28.0 Å². The molecule has 17 heavy (non-hydrogen) atoms. The van der Waals surface area contributed by atoms with Crippen LogP contribution in [0.25, 0.3) is 0 Å². The van der Waals surface area contributed by atoms with Gasteiger partial charge in [0.1, 0.15) is 6.61 Å². The van der Waals surface area contributed by atoms with Crippen molar-refractivity contribution in [2.24, 2.45) is 0 Å². The Bertz CT molecular complexity index is 219. The summed E-state index contributed by atoms with van der Waals surface area (Å²) in [5, 5.41) is 0.824. The van der Waals surface area contributed by atoms with E-state index in [1.54, 1.807) is 0 Å². The number of esters is 1. The first-order valence-corrected chi connectivity index (χ1v) is 8.65. The Hall–Kier alpha value is 0.130. The molecule has 0 bridgehead atoms. The van der Waals surface area contributed by atoms with Crippen molar-refractivity contribution < 1.29 is 9.53 Å². The average Bonchev–Trinajstić information content (AvgIpc) is 2.76. The standard InChI is InChI=1S/C12H23NO2S2/c1-13(2)8-9-15-12(14)6-4-3-5-11-7-10-16-17-11/h11H,3-10H2,1-2H3. The minimum atomic E-state index is -0.0414. The second-order valence-corrected chi connectivity index (χ2v) is 7.39. The largest absolute Gasteiger partial charge is 0.464 e. The lowest BCUT2D eigenvalue weighted by Gasteiger charge is -2.10. The average molecular weight is 277 g/mol. The molecule has 0 N–H and O–H groups in total. The Morgan fingerprint density at radius 2 is 2.24 bits per heavy atom. The zero-order valence-corrected chi connectivity index (χ0v) is 12.4. The van der Waals surface area contributed by atoms with Gasteiger partial charge in [0.25, 0.3) is 0 Å². The van der Waals surface area contributed by atoms with Crippen molar-refractivity contribution in [3.63, 3.8) is 0 Å². The molecule has 0 aromatic rings. The Morgan fingerprint density at radius 1 is 1.41 bits per heavy atom. The topological polar surface area (TPSA) is 29.5 Å². The van der Waals surface area contributed by atoms with Crippen LogP contribution in [0.15, 0.2) is 0 Å². The molecule has 100 valence electrons. The van der Waals surface area contributed by atoms with Crippen molar-refractivity contribution in [1.29, 1.82) is 0 Å². The van der Waals surface area contributed by atoms with E-state index in [1.807, 2.05) is 40.6 Å². The Labute approximate surface area is 112 Å². The second-order valence-electron chi connectivity index (χ2n) is 4.60. The normalized spacial score (nSPS) is 19.8. The number of rotatable bonds is 8. The summed E-state index contributed by atoms with van der Waals surface area (Å²) in [4.78, 5) is 13.4. The molecule has 1 saturated heterocycles. The van der Waals surface area contributed by atoms with E-state index < -0.39 is 0 Å². The lowest BCUT2D eigenvalue weighted by atomic mass is 10.1. The molecule has 1 fully saturated rings. The van der Waals surface area contributed by atoms with E-state index in [1.165, 1.54) is 18.6 Å². The highest BCUT2D eigenvalue weighted by molar-refractivity contribution is 8.77. The molecular weight excluding hydrogens is 254 g/mol. The van der Waals surface area contributed by atoms with Crippen LogP contribution in [0.5, 0.6) is 0 Å². The summed E-state index contributed by atoms with van der Waals surface area (Å²) >= 11 is 0. The number of ether oxygens (including phenoxy) is 1. The molecule has 5 heteroatoms. The highest BCUT2D eigenvalue weighted by Gasteiger charge is 2.15. The zero-order valence-electron chi connectivity index (χ0n) is 10.8. The van der Waals surface area contributed by atoms with Gasteiger partial charge in [-0.25, -0.2) is 0 Å². The fourth-order valence-corrected chi connectivity index (χ4v) is 4.65. The van der Waals surface area contributed by atoms with Gasteiger partial charge in [-0.15, -0.1) is 0 Å². The molecule has 1 aliphatic heterocycles. The van der Waals surface area contributed by atoms with Gasteiger partial charge in [0, 0.05) is 24.0 Å². The maximum Gasteiger partial charge on any atom is 0.305 e. The zero-order chi connectivity index (χ0) is 12.5. The number of unbranched alkanes of at least 4 members (excludes halogenated alkanes) is 1. The van der Waals surface area contributed by atoms with Crippen LogP contribution >= 0.6 is 21.6 Å². The van der Waals surface area contributed by atoms with Gasteiger partial charge in [-0.05, 0) is 33.4 Å². The molecule has 1 atom stereocenters. The Morgan fingerprint density at radius 3 is 2.88 bits per heavy atom. The minimum Gasteiger partial charge on any atom is -0.464 e. The third kappa shape index (κ3) is 7.95. The van der Waals surface area contributed by atoms with Crippen LogP contribution in [0.1, 0.15) is 32.1 Å². The van der Waals surface area contributed by atoms with Crippen molar-refractivity contribution in [3.05, 3.63) is 0 Å². The minimum absolute atomic E-state index is 0.0414. The van der Waals surface area contributed by atoms with E-state index in [0.29, 0.717) is 13.0 Å². The highest BCUT2D eigenvalue weighted by Crippen LogP contribution is 2.39. The van der Waals surface area contributed by atoms with E-state index in [2.05, 4.69) is 0 Å². The predicted molar refractivity (Wildman–Crippen MR) is 76.4 cm³/mol. The molecule has 1 rings (SSSR count). The Kier molecular flexibility index (Phi) is 8.14. The van der Waals surface area contributed by atoms with Gasteiger partial charge in [0.15, 0.2) is 0 Å². The van der Waals surface area contributed by atoms with Gasteiger partial charge in [0.2, 0.25) is 0 Å². The van der Waals surface area contributed by atoms with E-state index in [0.717, 1.165) is 24.6 Å². The summed E-state index contributed by atoms with van der Waals surface area (Å²) in [5.74, 6) is 1.25. The number of nitrogens with zero attached hydrogens (tertiary/aromatic N) is 1. The molecule has 0 aromatic carbocycles. The van der Waals surface area contributed by atoms with Crippen molar-refractivity contribution >= 4 is 27.6 Å². The van der Waals surface area contributed by atoms with E-state index in [4.69, 9.17) is 4.74 Å². The first-order chi connectivity index (χ1) is 8.18. The van der Waals surface area contributed by atoms with Crippen molar-refractivity contribution in [2.75, 3.05) is 33.0 Å². The molecule has 0 amide bonds. The third-order valence-electron chi connectivity index (χ3n) is 2.69. The van der Waals surface area contributed by atoms with Gasteiger partial charge in [-0.2, -0.15) is 0 Å². The molecule has 0 aromatic heterocycles. The highest BCUT2D eigenvalue weighted by atomic mass is 33.1. The number of hydrogen-bond acceptors (Lipinski definition) is 5. The van der Waals surface area contributed by atoms with Gasteiger partial charge >= 0.3 is 5.97 Å². The monoisotopic (exact) mass is 277 g/mol. The van der Waals surface area contributed by atoms with Crippen LogP contribution in [-0.2, 0) is 9.53 Å². The van der Waals surface area contributed by atoms with Crippen LogP contribution < -0.4 is 0 Å². The summed E-state index contributed by atoms with van der Waals surface area (Å²) < 4.78 is 5.13. The van der Waals surface area contributed by atoms with E-state index in [-0.39, 0.29) is 5.97 Å². The molecule has 1 unspecified atom stereocenters. The van der Waals surface area contributed by atoms with Crippen molar-refractivity contribution in [1.82, 2.24) is 4.90 Å². The summed E-state index contributed by atoms with van der Waals surface area (Å²) in [5.41, 5.74) is 0. The summed E-state index contributed by atoms with van der Waals surface area (Å²) in [6, 6.07) is 0. The molecule has 0 radical (unpaired) electrons. The van der Waals surface area contributed by atoms with Crippen LogP contribution in [-0.4, -0.2) is 49.1 Å².